The summed E-state index contributed by atoms with van der Waals surface area (Å²) < 4.78 is 18.6. The summed E-state index contributed by atoms with van der Waals surface area (Å²) in [4.78, 5) is 0. The Morgan fingerprint density at radius 2 is 1.57 bits per heavy atom. The van der Waals surface area contributed by atoms with E-state index in [0.717, 1.165) is 0 Å². The Labute approximate surface area is 90.4 Å². The van der Waals surface area contributed by atoms with Crippen molar-refractivity contribution >= 4 is 66.7 Å². The van der Waals surface area contributed by atoms with Crippen LogP contribution in [-0.2, 0) is 11.2 Å². The second kappa shape index (κ2) is 7.91. The van der Waals surface area contributed by atoms with E-state index in [9.17, 15) is 3.74 Å². The molecule has 0 aliphatic rings. The molecule has 0 radical (unpaired) electrons. The Morgan fingerprint density at radius 3 is 1.57 bits per heavy atom. The van der Waals surface area contributed by atoms with Gasteiger partial charge in [0.25, 0.3) is 0 Å². The van der Waals surface area contributed by atoms with Crippen LogP contribution in [0.1, 0.15) is 0 Å². The molecular weight excluding hydrogens is 186 g/mol. The summed E-state index contributed by atoms with van der Waals surface area (Å²) in [5.41, 5.74) is 0. The van der Waals surface area contributed by atoms with Gasteiger partial charge in [0.15, 0.2) is 0 Å². The predicted octanol–water partition coefficient (Wildman–Crippen LogP) is -1.22. The zero-order valence-corrected chi connectivity index (χ0v) is 5.82. The van der Waals surface area contributed by atoms with E-state index < -0.39 is 15.3 Å². The maximum absolute atomic E-state index is 9.99. The summed E-state index contributed by atoms with van der Waals surface area (Å²) in [5.74, 6) is 0. The first kappa shape index (κ1) is 11.7. The first-order valence-corrected chi connectivity index (χ1v) is 4.00. The van der Waals surface area contributed by atoms with E-state index in [0.29, 0.717) is 0 Å². The van der Waals surface area contributed by atoms with Crippen LogP contribution in [0.3, 0.4) is 0 Å². The van der Waals surface area contributed by atoms with Gasteiger partial charge < -0.3 is 0 Å². The molecule has 0 atom stereocenters. The maximum atomic E-state index is 9.99. The molecule has 0 heterocycles. The molecule has 0 spiro atoms. The van der Waals surface area contributed by atoms with Crippen LogP contribution < -0.4 is 0 Å². The fourth-order valence-electron chi connectivity index (χ4n) is 0.0833. The average Bonchev–Trinajstić information content (AvgIpc) is 1.65. The van der Waals surface area contributed by atoms with E-state index in [-0.39, 0.29) is 51.4 Å². The summed E-state index contributed by atoms with van der Waals surface area (Å²) in [6, 6.07) is 0. The van der Waals surface area contributed by atoms with Crippen LogP contribution in [-0.4, -0.2) is 80.9 Å². The first-order valence-electron chi connectivity index (χ1n) is 1.43. The Hall–Kier alpha value is 1.91. The molecule has 5 heteroatoms. The van der Waals surface area contributed by atoms with Gasteiger partial charge in [-0.25, -0.2) is 0 Å². The van der Waals surface area contributed by atoms with Crippen molar-refractivity contribution < 1.29 is 11.2 Å². The summed E-state index contributed by atoms with van der Waals surface area (Å²) in [7, 11) is 2.73. The van der Waals surface area contributed by atoms with Crippen molar-refractivity contribution in [2.75, 3.05) is 14.2 Å². The molecule has 0 bridgehead atoms. The van der Waals surface area contributed by atoms with Crippen molar-refractivity contribution in [1.82, 2.24) is 0 Å². The van der Waals surface area contributed by atoms with Crippen LogP contribution in [0.2, 0.25) is 0 Å². The third-order valence-electron chi connectivity index (χ3n) is 0.333. The molecular formula is C2H8AsKO3. The summed E-state index contributed by atoms with van der Waals surface area (Å²) >= 11 is -2.63. The SMILES string of the molecule is CO[AsH](=O)OC.[KH]. The normalized spacial score (nSPS) is 8.43. The molecule has 0 fully saturated rings. The standard InChI is InChI=1S/C2H7AsO3.K.H/c1-5-3(4)6-2;;/h3H,1-2H3;;. The fourth-order valence-corrected chi connectivity index (χ4v) is 0.433. The minimum absolute atomic E-state index is 0. The van der Waals surface area contributed by atoms with E-state index in [4.69, 9.17) is 0 Å². The molecule has 40 valence electrons. The monoisotopic (exact) mass is 194 g/mol. The summed E-state index contributed by atoms with van der Waals surface area (Å²) in [6.45, 7) is 0. The van der Waals surface area contributed by atoms with Crippen molar-refractivity contribution in [3.05, 3.63) is 0 Å². The summed E-state index contributed by atoms with van der Waals surface area (Å²) in [5, 5.41) is 0. The van der Waals surface area contributed by atoms with Gasteiger partial charge in [0.2, 0.25) is 0 Å². The van der Waals surface area contributed by atoms with Crippen LogP contribution >= 0.6 is 0 Å². The third kappa shape index (κ3) is 7.91. The molecule has 0 saturated heterocycles. The van der Waals surface area contributed by atoms with Crippen LogP contribution in [0, 0.1) is 0 Å². The van der Waals surface area contributed by atoms with E-state index in [1.807, 2.05) is 0 Å². The second-order valence-corrected chi connectivity index (χ2v) is 3.42. The topological polar surface area (TPSA) is 35.5 Å². The van der Waals surface area contributed by atoms with E-state index in [1.54, 1.807) is 0 Å². The van der Waals surface area contributed by atoms with Gasteiger partial charge in [0.05, 0.1) is 0 Å². The molecule has 0 aliphatic carbocycles. The molecule has 3 nitrogen and oxygen atoms in total. The zero-order valence-electron chi connectivity index (χ0n) is 3.72. The fraction of sp³-hybridized carbons (Fsp3) is 1.00. The van der Waals surface area contributed by atoms with E-state index in [2.05, 4.69) is 7.45 Å². The Morgan fingerprint density at radius 1 is 1.29 bits per heavy atom. The van der Waals surface area contributed by atoms with Crippen molar-refractivity contribution in [1.29, 1.82) is 0 Å². The molecule has 0 aromatic heterocycles. The van der Waals surface area contributed by atoms with Crippen LogP contribution in [0.15, 0.2) is 0 Å². The predicted molar refractivity (Wildman–Crippen MR) is 29.0 cm³/mol. The number of rotatable bonds is 2. The van der Waals surface area contributed by atoms with Crippen molar-refractivity contribution in [3.8, 4) is 0 Å². The molecule has 0 aromatic carbocycles. The zero-order chi connectivity index (χ0) is 4.99. The number of hydrogen-bond donors (Lipinski definition) is 0. The molecule has 7 heavy (non-hydrogen) atoms. The van der Waals surface area contributed by atoms with Crippen molar-refractivity contribution in [2.45, 2.75) is 0 Å². The molecule has 0 aromatic rings. The third-order valence-corrected chi connectivity index (χ3v) is 1.73. The van der Waals surface area contributed by atoms with E-state index >= 15 is 0 Å². The quantitative estimate of drug-likeness (QED) is 0.517. The second-order valence-electron chi connectivity index (χ2n) is 0.658. The average molecular weight is 194 g/mol. The van der Waals surface area contributed by atoms with Crippen molar-refractivity contribution in [3.63, 3.8) is 0 Å². The molecule has 0 rings (SSSR count). The Bertz CT molecular complexity index is 50.9. The van der Waals surface area contributed by atoms with Crippen LogP contribution in [0.5, 0.6) is 0 Å². The van der Waals surface area contributed by atoms with Crippen LogP contribution in [0.25, 0.3) is 0 Å². The Balaban J connectivity index is 0. The number of hydrogen-bond acceptors (Lipinski definition) is 3. The van der Waals surface area contributed by atoms with Gasteiger partial charge in [-0.3, -0.25) is 0 Å². The minimum atomic E-state index is -2.63. The van der Waals surface area contributed by atoms with Gasteiger partial charge in [0, 0.05) is 0 Å². The van der Waals surface area contributed by atoms with Gasteiger partial charge in [-0.2, -0.15) is 0 Å². The van der Waals surface area contributed by atoms with Gasteiger partial charge in [-0.1, -0.05) is 0 Å². The Kier molecular flexibility index (Phi) is 13.2. The molecule has 0 N–H and O–H groups in total. The first-order chi connectivity index (χ1) is 2.81. The van der Waals surface area contributed by atoms with Gasteiger partial charge in [-0.05, 0) is 0 Å². The molecule has 0 unspecified atom stereocenters. The van der Waals surface area contributed by atoms with Gasteiger partial charge >= 0.3 is 92.1 Å². The molecule has 0 amide bonds. The molecule has 0 aliphatic heterocycles. The van der Waals surface area contributed by atoms with Gasteiger partial charge in [0.1, 0.15) is 0 Å². The summed E-state index contributed by atoms with van der Waals surface area (Å²) in [6.07, 6.45) is 0. The van der Waals surface area contributed by atoms with Crippen molar-refractivity contribution in [2.24, 2.45) is 0 Å². The van der Waals surface area contributed by atoms with Gasteiger partial charge in [-0.15, -0.1) is 0 Å². The van der Waals surface area contributed by atoms with E-state index in [1.165, 1.54) is 14.2 Å². The molecule has 0 saturated carbocycles. The van der Waals surface area contributed by atoms with Crippen LogP contribution in [0.4, 0.5) is 0 Å².